The highest BCUT2D eigenvalue weighted by molar-refractivity contribution is 5.77. The van der Waals surface area contributed by atoms with Crippen LogP contribution in [0.1, 0.15) is 20.8 Å². The zero-order chi connectivity index (χ0) is 7.72. The lowest BCUT2D eigenvalue weighted by atomic mass is 10.3. The first-order chi connectivity index (χ1) is 4.61. The van der Waals surface area contributed by atoms with Gasteiger partial charge in [0.05, 0.1) is 0 Å². The lowest BCUT2D eigenvalue weighted by molar-refractivity contribution is 0.206. The Morgan fingerprint density at radius 3 is 2.50 bits per heavy atom. The first-order valence-corrected chi connectivity index (χ1v) is 3.68. The first kappa shape index (κ1) is 7.38. The third kappa shape index (κ3) is 1.23. The molecule has 0 aromatic heterocycles. The molecule has 0 aromatic carbocycles. The van der Waals surface area contributed by atoms with Crippen LogP contribution in [-0.2, 0) is 0 Å². The number of nitrogens with zero attached hydrogens (tertiary/aromatic N) is 1. The Labute approximate surface area is 61.4 Å². The quantitative estimate of drug-likeness (QED) is 0.577. The maximum atomic E-state index is 11.0. The molecule has 1 N–H and O–H groups in total. The van der Waals surface area contributed by atoms with Gasteiger partial charge in [0.15, 0.2) is 0 Å². The minimum Gasteiger partial charge on any atom is -0.334 e. The molecule has 1 atom stereocenters. The fourth-order valence-electron chi connectivity index (χ4n) is 1.16. The smallest absolute Gasteiger partial charge is 0.317 e. The van der Waals surface area contributed by atoms with E-state index in [-0.39, 0.29) is 6.03 Å². The Balaban J connectivity index is 2.55. The minimum atomic E-state index is 0.0718. The average Bonchev–Trinajstić information content (AvgIpc) is 2.10. The molecule has 0 spiro atoms. The molecule has 0 radical (unpaired) electrons. The highest BCUT2D eigenvalue weighted by atomic mass is 16.2. The molecule has 1 aliphatic heterocycles. The van der Waals surface area contributed by atoms with Crippen LogP contribution in [0.5, 0.6) is 0 Å². The summed E-state index contributed by atoms with van der Waals surface area (Å²) in [7, 11) is 0. The van der Waals surface area contributed by atoms with Crippen LogP contribution in [0.15, 0.2) is 0 Å². The molecule has 1 rings (SSSR count). The standard InChI is InChI=1S/C7H14N2O/c1-5(2)9-4-6(3)8-7(9)10/h5-6H,4H2,1-3H3,(H,8,10). The molecule has 1 aliphatic rings. The van der Waals surface area contributed by atoms with E-state index in [1.165, 1.54) is 0 Å². The Hall–Kier alpha value is -0.730. The van der Waals surface area contributed by atoms with E-state index in [0.717, 1.165) is 6.54 Å². The van der Waals surface area contributed by atoms with Crippen molar-refractivity contribution in [3.63, 3.8) is 0 Å². The Kier molecular flexibility index (Phi) is 1.83. The van der Waals surface area contributed by atoms with Crippen molar-refractivity contribution in [2.45, 2.75) is 32.9 Å². The Bertz CT molecular complexity index is 145. The van der Waals surface area contributed by atoms with Gasteiger partial charge in [-0.25, -0.2) is 4.79 Å². The molecular formula is C7H14N2O. The van der Waals surface area contributed by atoms with E-state index in [4.69, 9.17) is 0 Å². The second-order valence-electron chi connectivity index (χ2n) is 3.10. The lowest BCUT2D eigenvalue weighted by Crippen LogP contribution is -2.33. The van der Waals surface area contributed by atoms with Gasteiger partial charge in [-0.3, -0.25) is 0 Å². The van der Waals surface area contributed by atoms with Gasteiger partial charge in [-0.15, -0.1) is 0 Å². The van der Waals surface area contributed by atoms with E-state index in [9.17, 15) is 4.79 Å². The Morgan fingerprint density at radius 2 is 2.30 bits per heavy atom. The van der Waals surface area contributed by atoms with Gasteiger partial charge in [-0.2, -0.15) is 0 Å². The van der Waals surface area contributed by atoms with Gasteiger partial charge in [0.2, 0.25) is 0 Å². The number of carbonyl (C=O) groups excluding carboxylic acids is 1. The normalized spacial score (nSPS) is 25.8. The highest BCUT2D eigenvalue weighted by Crippen LogP contribution is 2.06. The van der Waals surface area contributed by atoms with Gasteiger partial charge in [-0.05, 0) is 20.8 Å². The molecule has 0 saturated carbocycles. The van der Waals surface area contributed by atoms with E-state index < -0.39 is 0 Å². The molecule has 1 heterocycles. The van der Waals surface area contributed by atoms with Crippen molar-refractivity contribution >= 4 is 6.03 Å². The van der Waals surface area contributed by atoms with Crippen molar-refractivity contribution in [3.05, 3.63) is 0 Å². The van der Waals surface area contributed by atoms with Crippen LogP contribution in [0.3, 0.4) is 0 Å². The number of rotatable bonds is 1. The van der Waals surface area contributed by atoms with Gasteiger partial charge in [0.25, 0.3) is 0 Å². The molecule has 2 amide bonds. The van der Waals surface area contributed by atoms with Gasteiger partial charge in [0, 0.05) is 18.6 Å². The van der Waals surface area contributed by atoms with E-state index in [2.05, 4.69) is 5.32 Å². The van der Waals surface area contributed by atoms with Crippen molar-refractivity contribution < 1.29 is 4.79 Å². The van der Waals surface area contributed by atoms with Gasteiger partial charge in [-0.1, -0.05) is 0 Å². The number of hydrogen-bond donors (Lipinski definition) is 1. The summed E-state index contributed by atoms with van der Waals surface area (Å²) >= 11 is 0. The monoisotopic (exact) mass is 142 g/mol. The van der Waals surface area contributed by atoms with Crippen molar-refractivity contribution in [2.75, 3.05) is 6.54 Å². The topological polar surface area (TPSA) is 32.3 Å². The summed E-state index contributed by atoms with van der Waals surface area (Å²) in [5.41, 5.74) is 0. The molecule has 0 bridgehead atoms. The SMILES string of the molecule is CC1CN(C(C)C)C(=O)N1. The van der Waals surface area contributed by atoms with Crippen LogP contribution < -0.4 is 5.32 Å². The number of nitrogens with one attached hydrogen (secondary N) is 1. The van der Waals surface area contributed by atoms with E-state index in [0.29, 0.717) is 12.1 Å². The number of urea groups is 1. The average molecular weight is 142 g/mol. The van der Waals surface area contributed by atoms with Crippen LogP contribution in [0.25, 0.3) is 0 Å². The maximum Gasteiger partial charge on any atom is 0.317 e. The summed E-state index contributed by atoms with van der Waals surface area (Å²) in [6, 6.07) is 0.711. The predicted molar refractivity (Wildman–Crippen MR) is 39.8 cm³/mol. The van der Waals surface area contributed by atoms with Gasteiger partial charge >= 0.3 is 6.03 Å². The van der Waals surface area contributed by atoms with E-state index >= 15 is 0 Å². The molecule has 1 unspecified atom stereocenters. The third-order valence-electron chi connectivity index (χ3n) is 1.72. The molecule has 0 aliphatic carbocycles. The summed E-state index contributed by atoms with van der Waals surface area (Å²) in [4.78, 5) is 12.9. The summed E-state index contributed by atoms with van der Waals surface area (Å²) in [5.74, 6) is 0. The molecule has 3 heteroatoms. The van der Waals surface area contributed by atoms with Crippen LogP contribution in [0, 0.1) is 0 Å². The summed E-state index contributed by atoms with van der Waals surface area (Å²) in [6.45, 7) is 6.91. The van der Waals surface area contributed by atoms with Gasteiger partial charge < -0.3 is 10.2 Å². The molecule has 3 nitrogen and oxygen atoms in total. The summed E-state index contributed by atoms with van der Waals surface area (Å²) < 4.78 is 0. The van der Waals surface area contributed by atoms with Crippen molar-refractivity contribution in [3.8, 4) is 0 Å². The maximum absolute atomic E-state index is 11.0. The number of amides is 2. The third-order valence-corrected chi connectivity index (χ3v) is 1.72. The highest BCUT2D eigenvalue weighted by Gasteiger charge is 2.26. The van der Waals surface area contributed by atoms with Gasteiger partial charge in [0.1, 0.15) is 0 Å². The molecular weight excluding hydrogens is 128 g/mol. The zero-order valence-corrected chi connectivity index (χ0v) is 6.72. The molecule has 1 saturated heterocycles. The fourth-order valence-corrected chi connectivity index (χ4v) is 1.16. The Morgan fingerprint density at radius 1 is 1.70 bits per heavy atom. The van der Waals surface area contributed by atoms with Crippen LogP contribution >= 0.6 is 0 Å². The predicted octanol–water partition coefficient (Wildman–Crippen LogP) is 0.808. The molecule has 0 aromatic rings. The fraction of sp³-hybridized carbons (Fsp3) is 0.857. The lowest BCUT2D eigenvalue weighted by Gasteiger charge is -2.18. The molecule has 1 fully saturated rings. The summed E-state index contributed by atoms with van der Waals surface area (Å²) in [5, 5.41) is 2.84. The van der Waals surface area contributed by atoms with Crippen molar-refractivity contribution in [1.29, 1.82) is 0 Å². The number of hydrogen-bond acceptors (Lipinski definition) is 1. The second kappa shape index (κ2) is 2.48. The van der Waals surface area contributed by atoms with Crippen LogP contribution in [-0.4, -0.2) is 29.6 Å². The van der Waals surface area contributed by atoms with Crippen LogP contribution in [0.2, 0.25) is 0 Å². The number of carbonyl (C=O) groups is 1. The molecule has 10 heavy (non-hydrogen) atoms. The molecule has 58 valence electrons. The first-order valence-electron chi connectivity index (χ1n) is 3.68. The summed E-state index contributed by atoms with van der Waals surface area (Å²) in [6.07, 6.45) is 0. The zero-order valence-electron chi connectivity index (χ0n) is 6.72. The van der Waals surface area contributed by atoms with Crippen LogP contribution in [0.4, 0.5) is 4.79 Å². The van der Waals surface area contributed by atoms with E-state index in [1.807, 2.05) is 25.7 Å². The van der Waals surface area contributed by atoms with Crippen molar-refractivity contribution in [2.24, 2.45) is 0 Å². The second-order valence-corrected chi connectivity index (χ2v) is 3.10. The minimum absolute atomic E-state index is 0.0718. The largest absolute Gasteiger partial charge is 0.334 e. The van der Waals surface area contributed by atoms with E-state index in [1.54, 1.807) is 0 Å². The van der Waals surface area contributed by atoms with Crippen molar-refractivity contribution in [1.82, 2.24) is 10.2 Å².